The van der Waals surface area contributed by atoms with Gasteiger partial charge in [-0.05, 0) is 12.1 Å². The molecule has 0 heterocycles. The molecule has 0 atom stereocenters. The zero-order valence-corrected chi connectivity index (χ0v) is 7.37. The van der Waals surface area contributed by atoms with Gasteiger partial charge in [-0.1, -0.05) is 0 Å². The molecule has 5 heteroatoms. The predicted molar refractivity (Wildman–Crippen MR) is 46.2 cm³/mol. The van der Waals surface area contributed by atoms with Crippen LogP contribution in [0.25, 0.3) is 0 Å². The molecule has 0 radical (unpaired) electrons. The van der Waals surface area contributed by atoms with Gasteiger partial charge in [-0.2, -0.15) is 5.26 Å². The van der Waals surface area contributed by atoms with E-state index in [0.717, 1.165) is 6.07 Å². The number of nitriles is 1. The lowest BCUT2D eigenvalue weighted by Gasteiger charge is -2.07. The molecule has 4 nitrogen and oxygen atoms in total. The largest absolute Gasteiger partial charge is 0.494 e. The first-order valence-corrected chi connectivity index (χ1v) is 3.68. The van der Waals surface area contributed by atoms with Gasteiger partial charge in [0.15, 0.2) is 5.75 Å². The van der Waals surface area contributed by atoms with Gasteiger partial charge >= 0.3 is 0 Å². The van der Waals surface area contributed by atoms with Crippen LogP contribution in [0.15, 0.2) is 12.1 Å². The van der Waals surface area contributed by atoms with Gasteiger partial charge in [-0.15, -0.1) is 0 Å². The van der Waals surface area contributed by atoms with E-state index in [2.05, 4.69) is 0 Å². The van der Waals surface area contributed by atoms with E-state index in [1.54, 1.807) is 6.07 Å². The molecule has 0 aliphatic rings. The first-order valence-electron chi connectivity index (χ1n) is 3.68. The number of rotatable bonds is 2. The second kappa shape index (κ2) is 3.75. The summed E-state index contributed by atoms with van der Waals surface area (Å²) in [6, 6.07) is 3.78. The molecular weight excluding hydrogens is 187 g/mol. The van der Waals surface area contributed by atoms with Crippen LogP contribution in [0.1, 0.15) is 15.9 Å². The van der Waals surface area contributed by atoms with Crippen molar-refractivity contribution in [3.8, 4) is 11.8 Å². The molecule has 2 N–H and O–H groups in total. The summed E-state index contributed by atoms with van der Waals surface area (Å²) in [4.78, 5) is 10.9. The molecule has 0 saturated heterocycles. The van der Waals surface area contributed by atoms with E-state index in [0.29, 0.717) is 0 Å². The first kappa shape index (κ1) is 9.99. The Morgan fingerprint density at radius 3 is 2.71 bits per heavy atom. The molecule has 1 aromatic carbocycles. The van der Waals surface area contributed by atoms with Gasteiger partial charge in [0.05, 0.1) is 12.7 Å². The first-order chi connectivity index (χ1) is 6.61. The van der Waals surface area contributed by atoms with E-state index in [4.69, 9.17) is 15.7 Å². The maximum Gasteiger partial charge on any atom is 0.252 e. The molecular formula is C9H7FN2O2. The van der Waals surface area contributed by atoms with Gasteiger partial charge in [0.25, 0.3) is 5.91 Å². The molecule has 72 valence electrons. The van der Waals surface area contributed by atoms with Crippen molar-refractivity contribution in [1.29, 1.82) is 5.26 Å². The van der Waals surface area contributed by atoms with E-state index in [1.807, 2.05) is 0 Å². The highest BCUT2D eigenvalue weighted by Gasteiger charge is 2.16. The number of benzene rings is 1. The van der Waals surface area contributed by atoms with Crippen molar-refractivity contribution in [2.24, 2.45) is 5.73 Å². The highest BCUT2D eigenvalue weighted by Crippen LogP contribution is 2.25. The monoisotopic (exact) mass is 194 g/mol. The summed E-state index contributed by atoms with van der Waals surface area (Å²) >= 11 is 0. The second-order valence-corrected chi connectivity index (χ2v) is 2.48. The second-order valence-electron chi connectivity index (χ2n) is 2.48. The zero-order valence-electron chi connectivity index (χ0n) is 7.37. The molecule has 0 fully saturated rings. The number of hydrogen-bond donors (Lipinski definition) is 1. The normalized spacial score (nSPS) is 9.21. The number of nitrogens with two attached hydrogens (primary N) is 1. The van der Waals surface area contributed by atoms with E-state index in [-0.39, 0.29) is 16.9 Å². The third kappa shape index (κ3) is 1.50. The van der Waals surface area contributed by atoms with Crippen LogP contribution in [-0.2, 0) is 0 Å². The fraction of sp³-hybridized carbons (Fsp3) is 0.111. The lowest BCUT2D eigenvalue weighted by Crippen LogP contribution is -2.13. The number of carbonyl (C=O) groups excluding carboxylic acids is 1. The number of hydrogen-bond acceptors (Lipinski definition) is 3. The summed E-state index contributed by atoms with van der Waals surface area (Å²) in [5.74, 6) is -1.63. The minimum absolute atomic E-state index is 0.00884. The Morgan fingerprint density at radius 1 is 1.64 bits per heavy atom. The van der Waals surface area contributed by atoms with Gasteiger partial charge in [-0.25, -0.2) is 4.39 Å². The summed E-state index contributed by atoms with van der Waals surface area (Å²) in [6.07, 6.45) is 0. The van der Waals surface area contributed by atoms with Crippen molar-refractivity contribution in [1.82, 2.24) is 0 Å². The summed E-state index contributed by atoms with van der Waals surface area (Å²) in [5.41, 5.74) is 4.69. The molecule has 0 saturated carbocycles. The maximum absolute atomic E-state index is 13.0. The van der Waals surface area contributed by atoms with Crippen molar-refractivity contribution in [2.75, 3.05) is 7.11 Å². The molecule has 1 amide bonds. The number of ether oxygens (including phenoxy) is 1. The van der Waals surface area contributed by atoms with Crippen molar-refractivity contribution in [3.63, 3.8) is 0 Å². The van der Waals surface area contributed by atoms with Crippen LogP contribution in [0, 0.1) is 17.1 Å². The summed E-state index contributed by atoms with van der Waals surface area (Å²) < 4.78 is 17.8. The highest BCUT2D eigenvalue weighted by atomic mass is 19.1. The van der Waals surface area contributed by atoms with E-state index >= 15 is 0 Å². The van der Waals surface area contributed by atoms with Gasteiger partial charge in [0, 0.05) is 0 Å². The molecule has 0 aromatic heterocycles. The topological polar surface area (TPSA) is 76.1 Å². The van der Waals surface area contributed by atoms with Crippen LogP contribution in [0.4, 0.5) is 4.39 Å². The Balaban J connectivity index is 3.50. The average Bonchev–Trinajstić information content (AvgIpc) is 2.16. The SMILES string of the molecule is COc1c(C(N)=O)ccc(F)c1C#N. The van der Waals surface area contributed by atoms with Crippen molar-refractivity contribution in [3.05, 3.63) is 29.1 Å². The van der Waals surface area contributed by atoms with Crippen LogP contribution in [0.3, 0.4) is 0 Å². The number of halogens is 1. The molecule has 0 spiro atoms. The summed E-state index contributed by atoms with van der Waals surface area (Å²) in [7, 11) is 1.24. The number of primary amides is 1. The average molecular weight is 194 g/mol. The number of methoxy groups -OCH3 is 1. The smallest absolute Gasteiger partial charge is 0.252 e. The van der Waals surface area contributed by atoms with Gasteiger partial charge in [-0.3, -0.25) is 4.79 Å². The molecule has 14 heavy (non-hydrogen) atoms. The molecule has 1 aromatic rings. The predicted octanol–water partition coefficient (Wildman–Crippen LogP) is 0.805. The number of amides is 1. The van der Waals surface area contributed by atoms with Gasteiger partial charge in [0.2, 0.25) is 0 Å². The number of nitrogens with zero attached hydrogens (tertiary/aromatic N) is 1. The van der Waals surface area contributed by atoms with E-state index in [1.165, 1.54) is 13.2 Å². The third-order valence-electron chi connectivity index (χ3n) is 1.69. The fourth-order valence-electron chi connectivity index (χ4n) is 1.07. The van der Waals surface area contributed by atoms with Crippen LogP contribution >= 0.6 is 0 Å². The van der Waals surface area contributed by atoms with E-state index < -0.39 is 11.7 Å². The van der Waals surface area contributed by atoms with Gasteiger partial charge in [0.1, 0.15) is 17.4 Å². The van der Waals surface area contributed by atoms with Gasteiger partial charge < -0.3 is 10.5 Å². The minimum Gasteiger partial charge on any atom is -0.494 e. The van der Waals surface area contributed by atoms with Crippen LogP contribution in [0.5, 0.6) is 5.75 Å². The Hall–Kier alpha value is -2.09. The summed E-state index contributed by atoms with van der Waals surface area (Å²) in [6.45, 7) is 0. The molecule has 0 aliphatic carbocycles. The lowest BCUT2D eigenvalue weighted by molar-refractivity contribution is 0.0997. The van der Waals surface area contributed by atoms with Crippen LogP contribution in [0.2, 0.25) is 0 Å². The van der Waals surface area contributed by atoms with Crippen molar-refractivity contribution >= 4 is 5.91 Å². The molecule has 0 aliphatic heterocycles. The third-order valence-corrected chi connectivity index (χ3v) is 1.69. The fourth-order valence-corrected chi connectivity index (χ4v) is 1.07. The van der Waals surface area contributed by atoms with Crippen molar-refractivity contribution in [2.45, 2.75) is 0 Å². The van der Waals surface area contributed by atoms with Crippen LogP contribution in [-0.4, -0.2) is 13.0 Å². The van der Waals surface area contributed by atoms with Crippen LogP contribution < -0.4 is 10.5 Å². The lowest BCUT2D eigenvalue weighted by atomic mass is 10.1. The maximum atomic E-state index is 13.0. The Labute approximate surface area is 79.7 Å². The Morgan fingerprint density at radius 2 is 2.29 bits per heavy atom. The highest BCUT2D eigenvalue weighted by molar-refractivity contribution is 5.96. The summed E-state index contributed by atoms with van der Waals surface area (Å²) in [5, 5.41) is 8.61. The number of carbonyl (C=O) groups is 1. The standard InChI is InChI=1S/C9H7FN2O2/c1-14-8-5(9(12)13)2-3-7(10)6(8)4-11/h2-3H,1H3,(H2,12,13). The molecule has 0 unspecified atom stereocenters. The van der Waals surface area contributed by atoms with Crippen molar-refractivity contribution < 1.29 is 13.9 Å². The Kier molecular flexibility index (Phi) is 2.67. The molecule has 1 rings (SSSR count). The van der Waals surface area contributed by atoms with E-state index in [9.17, 15) is 9.18 Å². The Bertz CT molecular complexity index is 424. The minimum atomic E-state index is -0.765. The quantitative estimate of drug-likeness (QED) is 0.756. The zero-order chi connectivity index (χ0) is 10.7. The molecule has 0 bridgehead atoms.